The molecule has 0 saturated heterocycles. The van der Waals surface area contributed by atoms with Gasteiger partial charge in [0.15, 0.2) is 11.5 Å². The molecule has 1 heterocycles. The van der Waals surface area contributed by atoms with E-state index in [2.05, 4.69) is 0 Å². The quantitative estimate of drug-likeness (QED) is 0.643. The number of rotatable bonds is 7. The predicted molar refractivity (Wildman–Crippen MR) is 111 cm³/mol. The van der Waals surface area contributed by atoms with Crippen molar-refractivity contribution >= 4 is 23.2 Å². The van der Waals surface area contributed by atoms with Crippen LogP contribution in [0.5, 0.6) is 17.2 Å². The Labute approximate surface area is 171 Å². The zero-order chi connectivity index (χ0) is 20.3. The standard InChI is InChI=1S/C22H26ClNO4/c1-5-26-19-11-16(12-20(27-6-2)21(19)28-7-3)22(25)24-14(4)10-15-8-9-17(23)13-18(15)24/h8-9,11-14H,5-7,10H2,1-4H3. The van der Waals surface area contributed by atoms with Crippen molar-refractivity contribution in [2.24, 2.45) is 0 Å². The van der Waals surface area contributed by atoms with Gasteiger partial charge >= 0.3 is 0 Å². The van der Waals surface area contributed by atoms with Crippen LogP contribution in [0.15, 0.2) is 30.3 Å². The molecule has 5 nitrogen and oxygen atoms in total. The smallest absolute Gasteiger partial charge is 0.258 e. The lowest BCUT2D eigenvalue weighted by Gasteiger charge is -2.24. The second-order valence-corrected chi connectivity index (χ2v) is 7.04. The molecule has 150 valence electrons. The highest BCUT2D eigenvalue weighted by atomic mass is 35.5. The van der Waals surface area contributed by atoms with Crippen LogP contribution in [0.4, 0.5) is 5.69 Å². The number of fused-ring (bicyclic) bond motifs is 1. The molecular formula is C22H26ClNO4. The summed E-state index contributed by atoms with van der Waals surface area (Å²) in [6.07, 6.45) is 0.798. The molecule has 0 fully saturated rings. The Morgan fingerprint density at radius 3 is 2.21 bits per heavy atom. The molecule has 1 atom stereocenters. The lowest BCUT2D eigenvalue weighted by Crippen LogP contribution is -2.35. The van der Waals surface area contributed by atoms with E-state index in [-0.39, 0.29) is 11.9 Å². The molecule has 0 spiro atoms. The van der Waals surface area contributed by atoms with Gasteiger partial charge in [0.25, 0.3) is 5.91 Å². The molecule has 1 unspecified atom stereocenters. The van der Waals surface area contributed by atoms with Crippen LogP contribution in [0.1, 0.15) is 43.6 Å². The molecule has 0 aliphatic carbocycles. The topological polar surface area (TPSA) is 48.0 Å². The Morgan fingerprint density at radius 1 is 1.04 bits per heavy atom. The minimum absolute atomic E-state index is 0.0404. The van der Waals surface area contributed by atoms with Gasteiger partial charge in [0.05, 0.1) is 19.8 Å². The van der Waals surface area contributed by atoms with Crippen molar-refractivity contribution in [3.8, 4) is 17.2 Å². The normalized spacial score (nSPS) is 15.3. The molecule has 0 radical (unpaired) electrons. The highest BCUT2D eigenvalue weighted by molar-refractivity contribution is 6.31. The van der Waals surface area contributed by atoms with Gasteiger partial charge in [-0.15, -0.1) is 0 Å². The van der Waals surface area contributed by atoms with Crippen molar-refractivity contribution in [2.45, 2.75) is 40.2 Å². The minimum Gasteiger partial charge on any atom is -0.490 e. The van der Waals surface area contributed by atoms with Gasteiger partial charge in [0.1, 0.15) is 0 Å². The fourth-order valence-electron chi connectivity index (χ4n) is 3.54. The number of carbonyl (C=O) groups excluding carboxylic acids is 1. The summed E-state index contributed by atoms with van der Waals surface area (Å²) < 4.78 is 17.2. The molecule has 0 aromatic heterocycles. The Balaban J connectivity index is 2.05. The zero-order valence-corrected chi connectivity index (χ0v) is 17.5. The molecule has 0 N–H and O–H groups in total. The summed E-state index contributed by atoms with van der Waals surface area (Å²) in [6, 6.07) is 9.19. The molecule has 2 aromatic rings. The van der Waals surface area contributed by atoms with Gasteiger partial charge in [-0.3, -0.25) is 4.79 Å². The fraction of sp³-hybridized carbons (Fsp3) is 0.409. The number of nitrogens with zero attached hydrogens (tertiary/aromatic N) is 1. The van der Waals surface area contributed by atoms with Gasteiger partial charge in [0, 0.05) is 22.3 Å². The third-order valence-corrected chi connectivity index (χ3v) is 4.87. The molecule has 1 aliphatic heterocycles. The van der Waals surface area contributed by atoms with Gasteiger partial charge in [0.2, 0.25) is 5.75 Å². The number of ether oxygens (including phenoxy) is 3. The minimum atomic E-state index is -0.113. The van der Waals surface area contributed by atoms with E-state index in [0.717, 1.165) is 17.7 Å². The second-order valence-electron chi connectivity index (χ2n) is 6.60. The Morgan fingerprint density at radius 2 is 1.64 bits per heavy atom. The molecule has 1 amide bonds. The summed E-state index contributed by atoms with van der Waals surface area (Å²) in [5.74, 6) is 1.44. The summed E-state index contributed by atoms with van der Waals surface area (Å²) in [6.45, 7) is 9.12. The molecule has 6 heteroatoms. The largest absolute Gasteiger partial charge is 0.490 e. The molecule has 1 aliphatic rings. The van der Waals surface area contributed by atoms with Gasteiger partial charge < -0.3 is 19.1 Å². The van der Waals surface area contributed by atoms with E-state index < -0.39 is 0 Å². The van der Waals surface area contributed by atoms with Crippen LogP contribution in [0, 0.1) is 0 Å². The van der Waals surface area contributed by atoms with Crippen LogP contribution in [-0.4, -0.2) is 31.8 Å². The molecule has 0 bridgehead atoms. The van der Waals surface area contributed by atoms with Crippen LogP contribution in [-0.2, 0) is 6.42 Å². The third kappa shape index (κ3) is 3.90. The van der Waals surface area contributed by atoms with Crippen LogP contribution in [0.25, 0.3) is 0 Å². The van der Waals surface area contributed by atoms with Crippen LogP contribution < -0.4 is 19.1 Å². The zero-order valence-electron chi connectivity index (χ0n) is 16.8. The van der Waals surface area contributed by atoms with Gasteiger partial charge in [-0.05, 0) is 63.9 Å². The number of hydrogen-bond acceptors (Lipinski definition) is 4. The fourth-order valence-corrected chi connectivity index (χ4v) is 3.71. The van der Waals surface area contributed by atoms with Crippen molar-refractivity contribution in [3.05, 3.63) is 46.5 Å². The highest BCUT2D eigenvalue weighted by Gasteiger charge is 2.32. The van der Waals surface area contributed by atoms with E-state index in [9.17, 15) is 4.79 Å². The van der Waals surface area contributed by atoms with E-state index >= 15 is 0 Å². The van der Waals surface area contributed by atoms with Crippen molar-refractivity contribution in [1.82, 2.24) is 0 Å². The van der Waals surface area contributed by atoms with Gasteiger partial charge in [-0.2, -0.15) is 0 Å². The summed E-state index contributed by atoms with van der Waals surface area (Å²) in [5.41, 5.74) is 2.47. The predicted octanol–water partition coefficient (Wildman–Crippen LogP) is 5.13. The number of anilines is 1. The Kier molecular flexibility index (Phi) is 6.35. The first-order valence-corrected chi connectivity index (χ1v) is 10.1. The van der Waals surface area contributed by atoms with Crippen molar-refractivity contribution in [1.29, 1.82) is 0 Å². The summed E-state index contributed by atoms with van der Waals surface area (Å²) in [7, 11) is 0. The average Bonchev–Trinajstić information content (AvgIpc) is 2.98. The van der Waals surface area contributed by atoms with E-state index in [0.29, 0.717) is 47.7 Å². The van der Waals surface area contributed by atoms with Crippen LogP contribution in [0.2, 0.25) is 5.02 Å². The number of benzene rings is 2. The lowest BCUT2D eigenvalue weighted by atomic mass is 10.1. The Bertz CT molecular complexity index is 841. The number of hydrogen-bond donors (Lipinski definition) is 0. The van der Waals surface area contributed by atoms with E-state index in [1.54, 1.807) is 17.0 Å². The first-order valence-electron chi connectivity index (χ1n) is 9.68. The lowest BCUT2D eigenvalue weighted by molar-refractivity contribution is 0.0980. The van der Waals surface area contributed by atoms with E-state index in [1.807, 2.05) is 45.9 Å². The molecule has 28 heavy (non-hydrogen) atoms. The maximum Gasteiger partial charge on any atom is 0.258 e. The number of amides is 1. The highest BCUT2D eigenvalue weighted by Crippen LogP contribution is 2.41. The van der Waals surface area contributed by atoms with Crippen molar-refractivity contribution < 1.29 is 19.0 Å². The van der Waals surface area contributed by atoms with Crippen molar-refractivity contribution in [2.75, 3.05) is 24.7 Å². The SMILES string of the molecule is CCOc1cc(C(=O)N2c3cc(Cl)ccc3CC2C)cc(OCC)c1OCC. The molecule has 2 aromatic carbocycles. The summed E-state index contributed by atoms with van der Waals surface area (Å²) >= 11 is 6.18. The second kappa shape index (κ2) is 8.74. The third-order valence-electron chi connectivity index (χ3n) is 4.64. The van der Waals surface area contributed by atoms with Gasteiger partial charge in [-0.25, -0.2) is 0 Å². The Hall–Kier alpha value is -2.40. The van der Waals surface area contributed by atoms with Crippen LogP contribution >= 0.6 is 11.6 Å². The first kappa shape index (κ1) is 20.3. The molecule has 3 rings (SSSR count). The monoisotopic (exact) mass is 403 g/mol. The van der Waals surface area contributed by atoms with Crippen LogP contribution in [0.3, 0.4) is 0 Å². The molecule has 0 saturated carbocycles. The summed E-state index contributed by atoms with van der Waals surface area (Å²) in [4.78, 5) is 15.2. The molecular weight excluding hydrogens is 378 g/mol. The maximum absolute atomic E-state index is 13.4. The van der Waals surface area contributed by atoms with Crippen molar-refractivity contribution in [3.63, 3.8) is 0 Å². The number of carbonyl (C=O) groups is 1. The average molecular weight is 404 g/mol. The first-order chi connectivity index (χ1) is 13.5. The van der Waals surface area contributed by atoms with E-state index in [1.165, 1.54) is 0 Å². The van der Waals surface area contributed by atoms with E-state index in [4.69, 9.17) is 25.8 Å². The van der Waals surface area contributed by atoms with Gasteiger partial charge in [-0.1, -0.05) is 17.7 Å². The maximum atomic E-state index is 13.4. The summed E-state index contributed by atoms with van der Waals surface area (Å²) in [5, 5.41) is 0.613. The number of halogens is 1.